The lowest BCUT2D eigenvalue weighted by Crippen LogP contribution is -2.23. The van der Waals surface area contributed by atoms with Crippen molar-refractivity contribution in [2.24, 2.45) is 4.99 Å². The minimum absolute atomic E-state index is 0.139. The SMILES string of the molecule is C#CCOc1ccc(C=C2SC(=Nc3ccc(C(=O)OC)cc3)N(C)C2=O)cc1OCC. The van der Waals surface area contributed by atoms with Gasteiger partial charge in [-0.1, -0.05) is 12.0 Å². The quantitative estimate of drug-likeness (QED) is 0.359. The minimum atomic E-state index is -0.418. The van der Waals surface area contributed by atoms with E-state index in [1.165, 1.54) is 23.8 Å². The number of carbonyl (C=O) groups is 2. The second-order valence-corrected chi connectivity index (χ2v) is 7.55. The molecular formula is C24H22N2O5S. The number of nitrogens with zero attached hydrogens (tertiary/aromatic N) is 2. The molecule has 3 rings (SSSR count). The number of esters is 1. The Labute approximate surface area is 191 Å². The number of methoxy groups -OCH3 is 1. The molecule has 32 heavy (non-hydrogen) atoms. The van der Waals surface area contributed by atoms with Crippen LogP contribution in [0.15, 0.2) is 52.4 Å². The van der Waals surface area contributed by atoms with Crippen molar-refractivity contribution in [1.82, 2.24) is 4.90 Å². The van der Waals surface area contributed by atoms with E-state index in [1.54, 1.807) is 49.5 Å². The van der Waals surface area contributed by atoms with Crippen molar-refractivity contribution in [3.8, 4) is 23.8 Å². The Morgan fingerprint density at radius 3 is 2.59 bits per heavy atom. The molecule has 0 atom stereocenters. The van der Waals surface area contributed by atoms with E-state index >= 15 is 0 Å². The van der Waals surface area contributed by atoms with Crippen LogP contribution >= 0.6 is 11.8 Å². The molecule has 0 bridgehead atoms. The van der Waals surface area contributed by atoms with Gasteiger partial charge in [0.05, 0.1) is 29.9 Å². The van der Waals surface area contributed by atoms with Gasteiger partial charge in [-0.15, -0.1) is 6.42 Å². The molecule has 0 N–H and O–H groups in total. The van der Waals surface area contributed by atoms with E-state index in [0.29, 0.717) is 39.4 Å². The predicted octanol–water partition coefficient (Wildman–Crippen LogP) is 4.12. The van der Waals surface area contributed by atoms with Crippen LogP contribution in [0.4, 0.5) is 5.69 Å². The van der Waals surface area contributed by atoms with Gasteiger partial charge in [0.1, 0.15) is 6.61 Å². The van der Waals surface area contributed by atoms with Gasteiger partial charge >= 0.3 is 5.97 Å². The zero-order chi connectivity index (χ0) is 23.1. The van der Waals surface area contributed by atoms with Crippen molar-refractivity contribution in [3.63, 3.8) is 0 Å². The van der Waals surface area contributed by atoms with Gasteiger partial charge in [0.25, 0.3) is 5.91 Å². The second kappa shape index (κ2) is 10.6. The number of terminal acetylenes is 1. The molecular weight excluding hydrogens is 428 g/mol. The first-order valence-electron chi connectivity index (χ1n) is 9.74. The lowest BCUT2D eigenvalue weighted by atomic mass is 10.2. The summed E-state index contributed by atoms with van der Waals surface area (Å²) in [6.45, 7) is 2.48. The van der Waals surface area contributed by atoms with Crippen LogP contribution in [0.25, 0.3) is 6.08 Å². The van der Waals surface area contributed by atoms with Gasteiger partial charge in [-0.3, -0.25) is 9.69 Å². The third-order valence-electron chi connectivity index (χ3n) is 4.39. The van der Waals surface area contributed by atoms with Crippen LogP contribution < -0.4 is 9.47 Å². The summed E-state index contributed by atoms with van der Waals surface area (Å²) in [6.07, 6.45) is 7.04. The number of aliphatic imine (C=N–C) groups is 1. The van der Waals surface area contributed by atoms with E-state index in [1.807, 2.05) is 13.0 Å². The Morgan fingerprint density at radius 1 is 1.19 bits per heavy atom. The highest BCUT2D eigenvalue weighted by Crippen LogP contribution is 2.35. The first kappa shape index (κ1) is 23.0. The summed E-state index contributed by atoms with van der Waals surface area (Å²) in [4.78, 5) is 30.8. The lowest BCUT2D eigenvalue weighted by Gasteiger charge is -2.11. The molecule has 1 saturated heterocycles. The topological polar surface area (TPSA) is 77.4 Å². The van der Waals surface area contributed by atoms with Gasteiger partial charge in [0.15, 0.2) is 16.7 Å². The third-order valence-corrected chi connectivity index (χ3v) is 5.45. The Bertz CT molecular complexity index is 1120. The highest BCUT2D eigenvalue weighted by Gasteiger charge is 2.30. The molecule has 1 aliphatic rings. The first-order valence-corrected chi connectivity index (χ1v) is 10.6. The molecule has 0 aliphatic carbocycles. The zero-order valence-electron chi connectivity index (χ0n) is 18.0. The molecule has 0 saturated carbocycles. The summed E-state index contributed by atoms with van der Waals surface area (Å²) in [5, 5.41) is 0.533. The van der Waals surface area contributed by atoms with Crippen molar-refractivity contribution in [2.75, 3.05) is 27.4 Å². The summed E-state index contributed by atoms with van der Waals surface area (Å²) in [7, 11) is 3.00. The van der Waals surface area contributed by atoms with Crippen LogP contribution in [0.2, 0.25) is 0 Å². The van der Waals surface area contributed by atoms with Gasteiger partial charge in [-0.2, -0.15) is 0 Å². The second-order valence-electron chi connectivity index (χ2n) is 6.54. The zero-order valence-corrected chi connectivity index (χ0v) is 18.8. The number of ether oxygens (including phenoxy) is 3. The van der Waals surface area contributed by atoms with E-state index < -0.39 is 5.97 Å². The number of likely N-dealkylation sites (N-methyl/N-ethyl adjacent to an activating group) is 1. The van der Waals surface area contributed by atoms with E-state index in [9.17, 15) is 9.59 Å². The lowest BCUT2D eigenvalue weighted by molar-refractivity contribution is -0.121. The molecule has 2 aromatic carbocycles. The molecule has 1 amide bonds. The van der Waals surface area contributed by atoms with Gasteiger partial charge in [0.2, 0.25) is 0 Å². The van der Waals surface area contributed by atoms with Gasteiger partial charge < -0.3 is 14.2 Å². The fourth-order valence-corrected chi connectivity index (χ4v) is 3.81. The van der Waals surface area contributed by atoms with Crippen LogP contribution in [0.3, 0.4) is 0 Å². The number of amides is 1. The average Bonchev–Trinajstić information content (AvgIpc) is 3.06. The number of carbonyl (C=O) groups excluding carboxylic acids is 2. The molecule has 2 aromatic rings. The van der Waals surface area contributed by atoms with Gasteiger partial charge in [0, 0.05) is 7.05 Å². The molecule has 164 valence electrons. The number of amidine groups is 1. The molecule has 1 aliphatic heterocycles. The van der Waals surface area contributed by atoms with Crippen LogP contribution in [0, 0.1) is 12.3 Å². The van der Waals surface area contributed by atoms with Crippen molar-refractivity contribution in [3.05, 3.63) is 58.5 Å². The van der Waals surface area contributed by atoms with E-state index in [0.717, 1.165) is 5.56 Å². The van der Waals surface area contributed by atoms with Crippen LogP contribution in [-0.4, -0.2) is 49.3 Å². The number of hydrogen-bond acceptors (Lipinski definition) is 7. The van der Waals surface area contributed by atoms with Crippen molar-refractivity contribution >= 4 is 40.6 Å². The molecule has 7 nitrogen and oxygen atoms in total. The Kier molecular flexibility index (Phi) is 7.58. The summed E-state index contributed by atoms with van der Waals surface area (Å²) in [6, 6.07) is 12.0. The molecule has 8 heteroatoms. The minimum Gasteiger partial charge on any atom is -0.490 e. The Morgan fingerprint density at radius 2 is 1.94 bits per heavy atom. The molecule has 0 spiro atoms. The fraction of sp³-hybridized carbons (Fsp3) is 0.208. The summed E-state index contributed by atoms with van der Waals surface area (Å²) < 4.78 is 15.8. The molecule has 1 heterocycles. The Balaban J connectivity index is 1.83. The predicted molar refractivity (Wildman–Crippen MR) is 125 cm³/mol. The van der Waals surface area contributed by atoms with Crippen LogP contribution in [0.5, 0.6) is 11.5 Å². The van der Waals surface area contributed by atoms with Crippen molar-refractivity contribution < 1.29 is 23.8 Å². The third kappa shape index (κ3) is 5.31. The van der Waals surface area contributed by atoms with Crippen LogP contribution in [-0.2, 0) is 9.53 Å². The largest absolute Gasteiger partial charge is 0.490 e. The monoisotopic (exact) mass is 450 g/mol. The number of hydrogen-bond donors (Lipinski definition) is 0. The molecule has 0 radical (unpaired) electrons. The standard InChI is InChI=1S/C24H22N2O5S/c1-5-13-31-19-12-7-16(14-20(19)30-6-2)15-21-22(27)26(3)24(32-21)25-18-10-8-17(9-11-18)23(28)29-4/h1,7-12,14-15H,6,13H2,2-4H3. The summed E-state index contributed by atoms with van der Waals surface area (Å²) in [5.41, 5.74) is 1.84. The van der Waals surface area contributed by atoms with Gasteiger partial charge in [-0.05, 0) is 66.7 Å². The number of thioether (sulfide) groups is 1. The summed E-state index contributed by atoms with van der Waals surface area (Å²) in [5.74, 6) is 2.95. The van der Waals surface area contributed by atoms with E-state index in [2.05, 4.69) is 10.9 Å². The number of benzene rings is 2. The van der Waals surface area contributed by atoms with E-state index in [-0.39, 0.29) is 12.5 Å². The fourth-order valence-electron chi connectivity index (χ4n) is 2.82. The summed E-state index contributed by atoms with van der Waals surface area (Å²) >= 11 is 1.27. The van der Waals surface area contributed by atoms with Gasteiger partial charge in [-0.25, -0.2) is 9.79 Å². The number of rotatable bonds is 7. The van der Waals surface area contributed by atoms with Crippen molar-refractivity contribution in [2.45, 2.75) is 6.92 Å². The highest BCUT2D eigenvalue weighted by molar-refractivity contribution is 8.18. The smallest absolute Gasteiger partial charge is 0.337 e. The maximum atomic E-state index is 12.7. The maximum Gasteiger partial charge on any atom is 0.337 e. The molecule has 0 unspecified atom stereocenters. The highest BCUT2D eigenvalue weighted by atomic mass is 32.2. The van der Waals surface area contributed by atoms with E-state index in [4.69, 9.17) is 20.6 Å². The average molecular weight is 451 g/mol. The maximum absolute atomic E-state index is 12.7. The molecule has 0 aromatic heterocycles. The normalized spacial score (nSPS) is 15.7. The first-order chi connectivity index (χ1) is 15.5. The van der Waals surface area contributed by atoms with Crippen molar-refractivity contribution in [1.29, 1.82) is 0 Å². The Hall–Kier alpha value is -3.70. The van der Waals surface area contributed by atoms with Crippen LogP contribution in [0.1, 0.15) is 22.8 Å². The molecule has 1 fully saturated rings.